The first-order chi connectivity index (χ1) is 18.3. The van der Waals surface area contributed by atoms with Crippen LogP contribution in [0.15, 0.2) is 52.4 Å². The topological polar surface area (TPSA) is 179 Å². The molecule has 3 aromatic heterocycles. The zero-order valence-electron chi connectivity index (χ0n) is 19.9. The predicted molar refractivity (Wildman–Crippen MR) is 137 cm³/mol. The van der Waals surface area contributed by atoms with E-state index in [1.807, 2.05) is 39.6 Å². The molecule has 0 saturated carbocycles. The monoisotopic (exact) mass is 553 g/mol. The van der Waals surface area contributed by atoms with Gasteiger partial charge in [0.25, 0.3) is 17.5 Å². The largest absolute Gasteiger partial charge is 0.477 e. The average molecular weight is 554 g/mol. The summed E-state index contributed by atoms with van der Waals surface area (Å²) in [6, 6.07) is 6.76. The third-order valence-corrected chi connectivity index (χ3v) is 8.08. The molecule has 2 amide bonds. The van der Waals surface area contributed by atoms with E-state index in [1.165, 1.54) is 23.8 Å². The van der Waals surface area contributed by atoms with Gasteiger partial charge in [-0.25, -0.2) is 14.3 Å². The number of oxime groups is 1. The molecule has 0 radical (unpaired) electrons. The van der Waals surface area contributed by atoms with Gasteiger partial charge in [-0.1, -0.05) is 11.2 Å². The molecule has 4 N–H and O–H groups in total. The number of imidazole rings is 1. The van der Waals surface area contributed by atoms with Crippen molar-refractivity contribution < 1.29 is 28.9 Å². The van der Waals surface area contributed by atoms with Gasteiger partial charge in [-0.05, 0) is 6.07 Å². The number of β-lactam (4-membered cyclic amide) rings is 1. The van der Waals surface area contributed by atoms with Crippen molar-refractivity contribution >= 4 is 57.4 Å². The SMILES string of the molecule is CO/N=C(\C(=O)N[C@@H]1C(=O)N2C(C(=O)O)=C(C[n+]3cc(CC#N)n4ccccc43)CS[C@H]12)c1csc(N)n1. The maximum absolute atomic E-state index is 13.1. The summed E-state index contributed by atoms with van der Waals surface area (Å²) in [5.74, 6) is -2.14. The van der Waals surface area contributed by atoms with Crippen molar-refractivity contribution in [1.82, 2.24) is 19.6 Å². The molecule has 13 nitrogen and oxygen atoms in total. The molecule has 2 aliphatic heterocycles. The minimum atomic E-state index is -1.23. The van der Waals surface area contributed by atoms with Crippen LogP contribution < -0.4 is 15.6 Å². The maximum atomic E-state index is 13.1. The van der Waals surface area contributed by atoms with Crippen LogP contribution in [0.4, 0.5) is 5.13 Å². The van der Waals surface area contributed by atoms with E-state index in [1.54, 1.807) is 5.38 Å². The van der Waals surface area contributed by atoms with Crippen molar-refractivity contribution in [2.75, 3.05) is 18.6 Å². The molecule has 15 heteroatoms. The molecule has 194 valence electrons. The van der Waals surface area contributed by atoms with Crippen LogP contribution in [0.1, 0.15) is 11.4 Å². The molecular formula is C23H21N8O5S2+. The number of carbonyl (C=O) groups excluding carboxylic acids is 2. The van der Waals surface area contributed by atoms with Crippen molar-refractivity contribution in [3.8, 4) is 6.07 Å². The number of nitrogens with zero attached hydrogens (tertiary/aromatic N) is 6. The number of carboxylic acids is 1. The molecule has 3 aromatic rings. The number of rotatable bonds is 8. The number of fused-ring (bicyclic) bond motifs is 2. The minimum absolute atomic E-state index is 0.105. The molecule has 0 bridgehead atoms. The lowest BCUT2D eigenvalue weighted by atomic mass is 10.0. The second-order valence-corrected chi connectivity index (χ2v) is 10.3. The highest BCUT2D eigenvalue weighted by atomic mass is 32.2. The first kappa shape index (κ1) is 25.2. The molecular weight excluding hydrogens is 532 g/mol. The number of aromatic nitrogens is 3. The number of nitriles is 1. The van der Waals surface area contributed by atoms with Crippen LogP contribution in [-0.4, -0.2) is 67.2 Å². The van der Waals surface area contributed by atoms with E-state index >= 15 is 0 Å². The Morgan fingerprint density at radius 2 is 2.26 bits per heavy atom. The average Bonchev–Trinajstić information content (AvgIpc) is 3.49. The highest BCUT2D eigenvalue weighted by Crippen LogP contribution is 2.40. The molecule has 5 heterocycles. The molecule has 0 aliphatic carbocycles. The Morgan fingerprint density at radius 1 is 1.45 bits per heavy atom. The molecule has 0 spiro atoms. The molecule has 1 fully saturated rings. The number of hydrogen-bond acceptors (Lipinski definition) is 10. The molecule has 0 unspecified atom stereocenters. The second kappa shape index (κ2) is 10.1. The number of aliphatic carboxylic acids is 1. The number of thiazole rings is 1. The summed E-state index contributed by atoms with van der Waals surface area (Å²) in [6.07, 6.45) is 3.84. The fraction of sp³-hybridized carbons (Fsp3) is 0.261. The Kier molecular flexibility index (Phi) is 6.74. The fourth-order valence-electron chi connectivity index (χ4n) is 4.47. The van der Waals surface area contributed by atoms with Crippen LogP contribution in [0, 0.1) is 11.3 Å². The number of anilines is 1. The van der Waals surface area contributed by atoms with E-state index in [4.69, 9.17) is 10.6 Å². The van der Waals surface area contributed by atoms with Gasteiger partial charge in [0, 0.05) is 22.8 Å². The lowest BCUT2D eigenvalue weighted by molar-refractivity contribution is -0.662. The smallest absolute Gasteiger partial charge is 0.352 e. The van der Waals surface area contributed by atoms with Crippen LogP contribution in [0.25, 0.3) is 5.65 Å². The Bertz CT molecular complexity index is 1570. The van der Waals surface area contributed by atoms with Gasteiger partial charge in [-0.2, -0.15) is 9.66 Å². The Balaban J connectivity index is 1.39. The Labute approximate surface area is 223 Å². The zero-order chi connectivity index (χ0) is 27.0. The number of carbonyl (C=O) groups is 3. The number of nitrogens with one attached hydrogen (secondary N) is 1. The molecule has 38 heavy (non-hydrogen) atoms. The molecule has 5 rings (SSSR count). The number of thioether (sulfide) groups is 1. The summed E-state index contributed by atoms with van der Waals surface area (Å²) >= 11 is 2.48. The van der Waals surface area contributed by atoms with Gasteiger partial charge in [0.15, 0.2) is 16.5 Å². The van der Waals surface area contributed by atoms with Gasteiger partial charge in [0.2, 0.25) is 0 Å². The van der Waals surface area contributed by atoms with Crippen LogP contribution >= 0.6 is 23.1 Å². The van der Waals surface area contributed by atoms with Crippen molar-refractivity contribution in [3.63, 3.8) is 0 Å². The second-order valence-electron chi connectivity index (χ2n) is 8.32. The molecule has 2 aliphatic rings. The summed E-state index contributed by atoms with van der Waals surface area (Å²) in [4.78, 5) is 48.4. The molecule has 0 aromatic carbocycles. The highest BCUT2D eigenvalue weighted by Gasteiger charge is 2.54. The number of nitrogen functional groups attached to an aromatic ring is 1. The maximum Gasteiger partial charge on any atom is 0.352 e. The van der Waals surface area contributed by atoms with Gasteiger partial charge in [0.1, 0.15) is 49.1 Å². The van der Waals surface area contributed by atoms with E-state index in [2.05, 4.69) is 21.5 Å². The van der Waals surface area contributed by atoms with E-state index < -0.39 is 29.2 Å². The number of hydrogen-bond donors (Lipinski definition) is 3. The van der Waals surface area contributed by atoms with Crippen molar-refractivity contribution in [2.24, 2.45) is 5.16 Å². The van der Waals surface area contributed by atoms with Crippen molar-refractivity contribution in [2.45, 2.75) is 24.4 Å². The van der Waals surface area contributed by atoms with Crippen molar-refractivity contribution in [3.05, 3.63) is 58.6 Å². The fourth-order valence-corrected chi connectivity index (χ4v) is 6.35. The third kappa shape index (κ3) is 4.33. The zero-order valence-corrected chi connectivity index (χ0v) is 21.5. The standard InChI is InChI=1S/C23H20N8O5S2/c1-36-28-16(14-11-38-23(25)26-14)19(32)27-17-20(33)31-18(22(34)35)12(10-37-21(17)31)8-29-9-13(5-6-24)30-7-3-2-4-15(29)30/h2-4,7,9,11,17,21H,5,8,10H2,1H3,(H3-,25,26,27,32,34,35)/p+1/b28-16-/t17-,21-/m1/s1. The first-order valence-electron chi connectivity index (χ1n) is 11.2. The Hall–Kier alpha value is -4.42. The first-order valence-corrected chi connectivity index (χ1v) is 13.2. The highest BCUT2D eigenvalue weighted by molar-refractivity contribution is 8.00. The van der Waals surface area contributed by atoms with E-state index in [0.717, 1.165) is 22.7 Å². The summed E-state index contributed by atoms with van der Waals surface area (Å²) in [6.45, 7) is 0.219. The number of pyridine rings is 1. The van der Waals surface area contributed by atoms with Crippen LogP contribution in [0.2, 0.25) is 0 Å². The predicted octanol–water partition coefficient (Wildman–Crippen LogP) is 0.121. The van der Waals surface area contributed by atoms with E-state index in [0.29, 0.717) is 11.3 Å². The van der Waals surface area contributed by atoms with Gasteiger partial charge >= 0.3 is 5.97 Å². The normalized spacial score (nSPS) is 19.1. The van der Waals surface area contributed by atoms with Crippen LogP contribution in [-0.2, 0) is 32.2 Å². The number of carboxylic acid groups (broad SMARTS) is 1. The summed E-state index contributed by atoms with van der Waals surface area (Å²) in [5.41, 5.74) is 7.70. The van der Waals surface area contributed by atoms with Gasteiger partial charge < -0.3 is 21.0 Å². The Morgan fingerprint density at radius 3 is 2.95 bits per heavy atom. The lowest BCUT2D eigenvalue weighted by Crippen LogP contribution is -2.71. The quantitative estimate of drug-likeness (QED) is 0.151. The molecule has 1 saturated heterocycles. The molecule has 2 atom stereocenters. The van der Waals surface area contributed by atoms with Gasteiger partial charge in [-0.15, -0.1) is 23.1 Å². The summed E-state index contributed by atoms with van der Waals surface area (Å²) < 4.78 is 3.74. The number of nitrogens with two attached hydrogens (primary N) is 1. The van der Waals surface area contributed by atoms with Gasteiger partial charge in [-0.3, -0.25) is 14.5 Å². The van der Waals surface area contributed by atoms with Crippen LogP contribution in [0.5, 0.6) is 0 Å². The number of amides is 2. The lowest BCUT2D eigenvalue weighted by Gasteiger charge is -2.49. The minimum Gasteiger partial charge on any atom is -0.477 e. The van der Waals surface area contributed by atoms with Gasteiger partial charge in [0.05, 0.1) is 12.3 Å². The summed E-state index contributed by atoms with van der Waals surface area (Å²) in [7, 11) is 1.28. The van der Waals surface area contributed by atoms with E-state index in [9.17, 15) is 24.8 Å². The van der Waals surface area contributed by atoms with E-state index in [-0.39, 0.29) is 35.2 Å². The van der Waals surface area contributed by atoms with Crippen LogP contribution in [0.3, 0.4) is 0 Å². The van der Waals surface area contributed by atoms with Crippen molar-refractivity contribution in [1.29, 1.82) is 5.26 Å². The third-order valence-electron chi connectivity index (χ3n) is 6.07. The summed E-state index contributed by atoms with van der Waals surface area (Å²) in [5, 5.41) is 26.8.